The molecule has 2 aromatic rings. The molecule has 1 heterocycles. The third-order valence-electron chi connectivity index (χ3n) is 3.10. The van der Waals surface area contributed by atoms with E-state index in [4.69, 9.17) is 0 Å². The number of rotatable bonds is 4. The first kappa shape index (κ1) is 14.6. The van der Waals surface area contributed by atoms with Gasteiger partial charge in [0.2, 0.25) is 0 Å². The van der Waals surface area contributed by atoms with E-state index in [1.165, 1.54) is 0 Å². The van der Waals surface area contributed by atoms with E-state index in [1.807, 2.05) is 24.3 Å². The Bertz CT molecular complexity index is 646. The van der Waals surface area contributed by atoms with Gasteiger partial charge < -0.3 is 5.11 Å². The molecule has 0 fully saturated rings. The third kappa shape index (κ3) is 3.19. The number of aliphatic carboxylic acids is 1. The summed E-state index contributed by atoms with van der Waals surface area (Å²) in [5.41, 5.74) is 2.31. The molecule has 0 bridgehead atoms. The van der Waals surface area contributed by atoms with Crippen LogP contribution in [0.25, 0.3) is 0 Å². The van der Waals surface area contributed by atoms with Crippen molar-refractivity contribution in [3.05, 3.63) is 51.5 Å². The van der Waals surface area contributed by atoms with Gasteiger partial charge in [-0.1, -0.05) is 34.1 Å². The summed E-state index contributed by atoms with van der Waals surface area (Å²) in [6.45, 7) is 3.59. The number of aromatic nitrogens is 3. The number of hydrogen-bond acceptors (Lipinski definition) is 4. The van der Waals surface area contributed by atoms with Crippen molar-refractivity contribution in [1.82, 2.24) is 15.2 Å². The largest absolute Gasteiger partial charge is 0.481 e. The van der Waals surface area contributed by atoms with Gasteiger partial charge in [0.05, 0.1) is 11.4 Å². The van der Waals surface area contributed by atoms with Crippen LogP contribution in [0.1, 0.15) is 28.7 Å². The Morgan fingerprint density at radius 1 is 1.25 bits per heavy atom. The first-order valence-electron chi connectivity index (χ1n) is 6.13. The van der Waals surface area contributed by atoms with E-state index in [9.17, 15) is 9.90 Å². The quantitative estimate of drug-likeness (QED) is 0.929. The van der Waals surface area contributed by atoms with E-state index >= 15 is 0 Å². The van der Waals surface area contributed by atoms with Crippen molar-refractivity contribution in [3.8, 4) is 0 Å². The molecule has 5 nitrogen and oxygen atoms in total. The zero-order valence-corrected chi connectivity index (χ0v) is 12.8. The van der Waals surface area contributed by atoms with Crippen molar-refractivity contribution in [3.63, 3.8) is 0 Å². The Morgan fingerprint density at radius 3 is 2.55 bits per heavy atom. The Labute approximate surface area is 125 Å². The molecule has 0 aliphatic rings. The van der Waals surface area contributed by atoms with Gasteiger partial charge in [-0.3, -0.25) is 4.79 Å². The maximum absolute atomic E-state index is 11.5. The highest BCUT2D eigenvalue weighted by Crippen LogP contribution is 2.24. The number of carboxylic acids is 1. The molecule has 1 aromatic heterocycles. The Kier molecular flexibility index (Phi) is 4.44. The molecule has 1 unspecified atom stereocenters. The molecule has 20 heavy (non-hydrogen) atoms. The van der Waals surface area contributed by atoms with Gasteiger partial charge in [-0.15, -0.1) is 5.10 Å². The molecule has 0 saturated carbocycles. The molecule has 1 N–H and O–H groups in total. The average Bonchev–Trinajstić information content (AvgIpc) is 2.41. The van der Waals surface area contributed by atoms with Crippen LogP contribution in [-0.2, 0) is 11.2 Å². The van der Waals surface area contributed by atoms with Crippen LogP contribution in [0, 0.1) is 13.8 Å². The summed E-state index contributed by atoms with van der Waals surface area (Å²) in [6.07, 6.45) is 0.320. The van der Waals surface area contributed by atoms with Crippen molar-refractivity contribution >= 4 is 21.9 Å². The summed E-state index contributed by atoms with van der Waals surface area (Å²) in [5, 5.41) is 17.3. The molecule has 0 spiro atoms. The highest BCUT2D eigenvalue weighted by atomic mass is 79.9. The van der Waals surface area contributed by atoms with Gasteiger partial charge in [0.1, 0.15) is 5.92 Å². The predicted octanol–water partition coefficient (Wildman–Crippen LogP) is 2.66. The topological polar surface area (TPSA) is 76.0 Å². The highest BCUT2D eigenvalue weighted by molar-refractivity contribution is 9.10. The van der Waals surface area contributed by atoms with Crippen LogP contribution in [0.5, 0.6) is 0 Å². The van der Waals surface area contributed by atoms with Crippen LogP contribution in [0.2, 0.25) is 0 Å². The molecule has 1 aromatic carbocycles. The standard InChI is InChI=1S/C14H14BrN3O2/c1-8-9(2)17-18-13(16-8)11(14(19)20)7-10-5-3-4-6-12(10)15/h3-6,11H,7H2,1-2H3,(H,19,20). The Balaban J connectivity index is 2.34. The van der Waals surface area contributed by atoms with Gasteiger partial charge in [-0.05, 0) is 31.9 Å². The lowest BCUT2D eigenvalue weighted by atomic mass is 9.98. The van der Waals surface area contributed by atoms with Crippen molar-refractivity contribution < 1.29 is 9.90 Å². The predicted molar refractivity (Wildman–Crippen MR) is 77.5 cm³/mol. The number of benzene rings is 1. The van der Waals surface area contributed by atoms with E-state index in [2.05, 4.69) is 31.1 Å². The van der Waals surface area contributed by atoms with Crippen LogP contribution < -0.4 is 0 Å². The average molecular weight is 336 g/mol. The third-order valence-corrected chi connectivity index (χ3v) is 3.87. The summed E-state index contributed by atoms with van der Waals surface area (Å²) in [4.78, 5) is 15.7. The summed E-state index contributed by atoms with van der Waals surface area (Å²) in [6, 6.07) is 7.53. The number of halogens is 1. The van der Waals surface area contributed by atoms with Crippen LogP contribution in [0.3, 0.4) is 0 Å². The van der Waals surface area contributed by atoms with Crippen molar-refractivity contribution in [2.75, 3.05) is 0 Å². The van der Waals surface area contributed by atoms with Crippen molar-refractivity contribution in [2.24, 2.45) is 0 Å². The van der Waals surface area contributed by atoms with Crippen LogP contribution >= 0.6 is 15.9 Å². The van der Waals surface area contributed by atoms with Crippen LogP contribution in [0.4, 0.5) is 0 Å². The number of nitrogens with zero attached hydrogens (tertiary/aromatic N) is 3. The molecule has 104 valence electrons. The minimum Gasteiger partial charge on any atom is -0.481 e. The van der Waals surface area contributed by atoms with E-state index in [-0.39, 0.29) is 5.82 Å². The van der Waals surface area contributed by atoms with Gasteiger partial charge in [0.25, 0.3) is 0 Å². The summed E-state index contributed by atoms with van der Waals surface area (Å²) in [5.74, 6) is -1.51. The smallest absolute Gasteiger partial charge is 0.314 e. The summed E-state index contributed by atoms with van der Waals surface area (Å²) < 4.78 is 0.878. The fourth-order valence-electron chi connectivity index (χ4n) is 1.79. The second kappa shape index (κ2) is 6.09. The second-order valence-corrected chi connectivity index (χ2v) is 5.38. The number of aryl methyl sites for hydroxylation is 2. The first-order chi connectivity index (χ1) is 9.49. The van der Waals surface area contributed by atoms with Gasteiger partial charge in [-0.2, -0.15) is 5.10 Å². The minimum atomic E-state index is -0.953. The van der Waals surface area contributed by atoms with E-state index in [0.29, 0.717) is 17.8 Å². The molecule has 0 radical (unpaired) electrons. The maximum Gasteiger partial charge on any atom is 0.314 e. The van der Waals surface area contributed by atoms with Crippen molar-refractivity contribution in [1.29, 1.82) is 0 Å². The Hall–Kier alpha value is -1.82. The fraction of sp³-hybridized carbons (Fsp3) is 0.286. The molecule has 0 aliphatic carbocycles. The lowest BCUT2D eigenvalue weighted by Gasteiger charge is -2.12. The van der Waals surface area contributed by atoms with Gasteiger partial charge in [-0.25, -0.2) is 4.98 Å². The number of hydrogen-bond donors (Lipinski definition) is 1. The zero-order valence-electron chi connectivity index (χ0n) is 11.2. The molecule has 0 aliphatic heterocycles. The van der Waals surface area contributed by atoms with Gasteiger partial charge >= 0.3 is 5.97 Å². The molecule has 0 amide bonds. The Morgan fingerprint density at radius 2 is 1.95 bits per heavy atom. The van der Waals surface area contributed by atoms with Crippen LogP contribution in [0.15, 0.2) is 28.7 Å². The molecular formula is C14H14BrN3O2. The molecule has 6 heteroatoms. The second-order valence-electron chi connectivity index (χ2n) is 4.53. The number of carboxylic acid groups (broad SMARTS) is 1. The summed E-state index contributed by atoms with van der Waals surface area (Å²) in [7, 11) is 0. The molecule has 0 saturated heterocycles. The fourth-order valence-corrected chi connectivity index (χ4v) is 2.24. The maximum atomic E-state index is 11.5. The minimum absolute atomic E-state index is 0.247. The number of carbonyl (C=O) groups is 1. The molecular weight excluding hydrogens is 322 g/mol. The van der Waals surface area contributed by atoms with Crippen LogP contribution in [-0.4, -0.2) is 26.3 Å². The highest BCUT2D eigenvalue weighted by Gasteiger charge is 2.25. The first-order valence-corrected chi connectivity index (χ1v) is 6.92. The van der Waals surface area contributed by atoms with E-state index < -0.39 is 11.9 Å². The van der Waals surface area contributed by atoms with Gasteiger partial charge in [0, 0.05) is 4.47 Å². The zero-order chi connectivity index (χ0) is 14.7. The normalized spacial score (nSPS) is 12.2. The monoisotopic (exact) mass is 335 g/mol. The lowest BCUT2D eigenvalue weighted by molar-refractivity contribution is -0.139. The summed E-state index contributed by atoms with van der Waals surface area (Å²) >= 11 is 3.42. The van der Waals surface area contributed by atoms with E-state index in [1.54, 1.807) is 13.8 Å². The van der Waals surface area contributed by atoms with Crippen molar-refractivity contribution in [2.45, 2.75) is 26.2 Å². The SMILES string of the molecule is Cc1nnc(C(Cc2ccccc2Br)C(=O)O)nc1C. The lowest BCUT2D eigenvalue weighted by Crippen LogP contribution is -2.19. The molecule has 2 rings (SSSR count). The van der Waals surface area contributed by atoms with Gasteiger partial charge in [0.15, 0.2) is 5.82 Å². The molecule has 1 atom stereocenters. The van der Waals surface area contributed by atoms with E-state index in [0.717, 1.165) is 10.0 Å².